The molecule has 1 aromatic heterocycles. The van der Waals surface area contributed by atoms with E-state index in [1.165, 1.54) is 6.33 Å². The molecule has 0 saturated carbocycles. The van der Waals surface area contributed by atoms with Gasteiger partial charge in [0, 0.05) is 6.04 Å². The second-order valence-corrected chi connectivity index (χ2v) is 2.48. The van der Waals surface area contributed by atoms with Gasteiger partial charge >= 0.3 is 0 Å². The number of nitrogens with two attached hydrogens (primary N) is 1. The minimum Gasteiger partial charge on any atom is -0.326 e. The molecule has 1 rings (SSSR count). The van der Waals surface area contributed by atoms with E-state index in [9.17, 15) is 0 Å². The van der Waals surface area contributed by atoms with Crippen LogP contribution in [0.2, 0.25) is 0 Å². The fourth-order valence-corrected chi connectivity index (χ4v) is 0.669. The van der Waals surface area contributed by atoms with Gasteiger partial charge < -0.3 is 5.73 Å². The number of rotatable bonds is 2. The third kappa shape index (κ3) is 1.33. The van der Waals surface area contributed by atoms with Crippen LogP contribution in [0.15, 0.2) is 12.7 Å². The van der Waals surface area contributed by atoms with Crippen LogP contribution in [0, 0.1) is 0 Å². The molecule has 0 aliphatic rings. The first-order chi connectivity index (χ1) is 4.72. The first-order valence-corrected chi connectivity index (χ1v) is 3.31. The molecule has 56 valence electrons. The first kappa shape index (κ1) is 7.21. The van der Waals surface area contributed by atoms with Crippen molar-refractivity contribution in [3.8, 4) is 0 Å². The predicted molar refractivity (Wildman–Crippen MR) is 38.4 cm³/mol. The van der Waals surface area contributed by atoms with Crippen molar-refractivity contribution in [3.63, 3.8) is 0 Å². The maximum Gasteiger partial charge on any atom is 0.137 e. The van der Waals surface area contributed by atoms with Gasteiger partial charge in [0.25, 0.3) is 0 Å². The molecule has 4 nitrogen and oxygen atoms in total. The van der Waals surface area contributed by atoms with Gasteiger partial charge in [-0.25, -0.2) is 9.67 Å². The fraction of sp³-hybridized carbons (Fsp3) is 0.667. The second-order valence-electron chi connectivity index (χ2n) is 2.48. The summed E-state index contributed by atoms with van der Waals surface area (Å²) in [7, 11) is 0. The molecule has 0 aliphatic heterocycles. The van der Waals surface area contributed by atoms with Crippen molar-refractivity contribution in [3.05, 3.63) is 12.7 Å². The van der Waals surface area contributed by atoms with E-state index in [0.717, 1.165) is 0 Å². The van der Waals surface area contributed by atoms with E-state index in [0.29, 0.717) is 0 Å². The Morgan fingerprint density at radius 1 is 1.50 bits per heavy atom. The van der Waals surface area contributed by atoms with Crippen LogP contribution in [0.3, 0.4) is 0 Å². The zero-order valence-corrected chi connectivity index (χ0v) is 6.23. The maximum atomic E-state index is 5.64. The van der Waals surface area contributed by atoms with Crippen LogP contribution in [-0.2, 0) is 0 Å². The van der Waals surface area contributed by atoms with Crippen LogP contribution in [0.25, 0.3) is 0 Å². The standard InChI is InChI=1S/C6H12N4/c1-5(7)6(2)10-4-8-3-9-10/h3-6H,7H2,1-2H3/t5-,6-/m0/s1. The lowest BCUT2D eigenvalue weighted by Gasteiger charge is -2.14. The summed E-state index contributed by atoms with van der Waals surface area (Å²) in [5, 5.41) is 3.96. The van der Waals surface area contributed by atoms with Gasteiger partial charge in [-0.05, 0) is 13.8 Å². The highest BCUT2D eigenvalue weighted by atomic mass is 15.3. The van der Waals surface area contributed by atoms with E-state index in [-0.39, 0.29) is 12.1 Å². The Bertz CT molecular complexity index is 180. The first-order valence-electron chi connectivity index (χ1n) is 3.31. The van der Waals surface area contributed by atoms with Gasteiger partial charge in [0.05, 0.1) is 6.04 Å². The normalized spacial score (nSPS) is 16.7. The fourth-order valence-electron chi connectivity index (χ4n) is 0.669. The Morgan fingerprint density at radius 2 is 2.20 bits per heavy atom. The van der Waals surface area contributed by atoms with Crippen molar-refractivity contribution < 1.29 is 0 Å². The molecule has 0 unspecified atom stereocenters. The summed E-state index contributed by atoms with van der Waals surface area (Å²) in [5.74, 6) is 0. The van der Waals surface area contributed by atoms with Crippen molar-refractivity contribution in [2.45, 2.75) is 25.9 Å². The van der Waals surface area contributed by atoms with Crippen molar-refractivity contribution >= 4 is 0 Å². The molecule has 10 heavy (non-hydrogen) atoms. The quantitative estimate of drug-likeness (QED) is 0.637. The van der Waals surface area contributed by atoms with E-state index in [2.05, 4.69) is 10.1 Å². The van der Waals surface area contributed by atoms with Gasteiger partial charge in [-0.15, -0.1) is 0 Å². The lowest BCUT2D eigenvalue weighted by Crippen LogP contribution is -2.27. The lowest BCUT2D eigenvalue weighted by atomic mass is 10.2. The largest absolute Gasteiger partial charge is 0.326 e. The van der Waals surface area contributed by atoms with Gasteiger partial charge in [0.2, 0.25) is 0 Å². The summed E-state index contributed by atoms with van der Waals surface area (Å²) in [4.78, 5) is 3.82. The Balaban J connectivity index is 2.68. The third-order valence-electron chi connectivity index (χ3n) is 1.61. The van der Waals surface area contributed by atoms with Gasteiger partial charge in [-0.1, -0.05) is 0 Å². The molecular weight excluding hydrogens is 128 g/mol. The molecule has 0 radical (unpaired) electrons. The van der Waals surface area contributed by atoms with Crippen LogP contribution in [0.4, 0.5) is 0 Å². The van der Waals surface area contributed by atoms with Crippen LogP contribution < -0.4 is 5.73 Å². The number of hydrogen-bond acceptors (Lipinski definition) is 3. The summed E-state index contributed by atoms with van der Waals surface area (Å²) in [6, 6.07) is 0.337. The Labute approximate surface area is 60.1 Å². The van der Waals surface area contributed by atoms with E-state index < -0.39 is 0 Å². The van der Waals surface area contributed by atoms with Crippen LogP contribution in [0.1, 0.15) is 19.9 Å². The van der Waals surface area contributed by atoms with E-state index in [1.807, 2.05) is 13.8 Å². The number of aromatic nitrogens is 3. The smallest absolute Gasteiger partial charge is 0.137 e. The Kier molecular flexibility index (Phi) is 2.01. The van der Waals surface area contributed by atoms with Crippen LogP contribution >= 0.6 is 0 Å². The van der Waals surface area contributed by atoms with Gasteiger partial charge in [0.15, 0.2) is 0 Å². The van der Waals surface area contributed by atoms with Crippen molar-refractivity contribution in [1.29, 1.82) is 0 Å². The molecule has 0 spiro atoms. The molecule has 2 N–H and O–H groups in total. The summed E-state index contributed by atoms with van der Waals surface area (Å²) >= 11 is 0. The summed E-state index contributed by atoms with van der Waals surface area (Å²) in [6.07, 6.45) is 3.19. The zero-order chi connectivity index (χ0) is 7.56. The zero-order valence-electron chi connectivity index (χ0n) is 6.23. The van der Waals surface area contributed by atoms with E-state index in [1.54, 1.807) is 11.0 Å². The Morgan fingerprint density at radius 3 is 2.60 bits per heavy atom. The monoisotopic (exact) mass is 140 g/mol. The summed E-state index contributed by atoms with van der Waals surface area (Å²) in [5.41, 5.74) is 5.64. The topological polar surface area (TPSA) is 56.7 Å². The summed E-state index contributed by atoms with van der Waals surface area (Å²) < 4.78 is 1.75. The minimum atomic E-state index is 0.113. The van der Waals surface area contributed by atoms with Crippen molar-refractivity contribution in [2.75, 3.05) is 0 Å². The molecule has 0 aromatic carbocycles. The molecular formula is C6H12N4. The molecule has 0 fully saturated rings. The van der Waals surface area contributed by atoms with Gasteiger partial charge in [-0.2, -0.15) is 5.10 Å². The van der Waals surface area contributed by atoms with E-state index >= 15 is 0 Å². The second kappa shape index (κ2) is 2.79. The van der Waals surface area contributed by atoms with Crippen LogP contribution in [-0.4, -0.2) is 20.8 Å². The molecule has 0 amide bonds. The highest BCUT2D eigenvalue weighted by molar-refractivity contribution is 4.71. The molecule has 0 aliphatic carbocycles. The number of hydrogen-bond donors (Lipinski definition) is 1. The predicted octanol–water partition coefficient (Wildman–Crippen LogP) is 0.186. The van der Waals surface area contributed by atoms with Gasteiger partial charge in [-0.3, -0.25) is 0 Å². The third-order valence-corrected chi connectivity index (χ3v) is 1.61. The number of nitrogens with zero attached hydrogens (tertiary/aromatic N) is 3. The van der Waals surface area contributed by atoms with Crippen LogP contribution in [0.5, 0.6) is 0 Å². The highest BCUT2D eigenvalue weighted by Gasteiger charge is 2.08. The molecule has 0 bridgehead atoms. The molecule has 1 heterocycles. The lowest BCUT2D eigenvalue weighted by molar-refractivity contribution is 0.424. The van der Waals surface area contributed by atoms with E-state index in [4.69, 9.17) is 5.73 Å². The molecule has 0 saturated heterocycles. The molecule has 2 atom stereocenters. The minimum absolute atomic E-state index is 0.113. The van der Waals surface area contributed by atoms with Crippen molar-refractivity contribution in [1.82, 2.24) is 14.8 Å². The average Bonchev–Trinajstić information content (AvgIpc) is 2.36. The average molecular weight is 140 g/mol. The van der Waals surface area contributed by atoms with Crippen molar-refractivity contribution in [2.24, 2.45) is 5.73 Å². The highest BCUT2D eigenvalue weighted by Crippen LogP contribution is 2.04. The van der Waals surface area contributed by atoms with Gasteiger partial charge in [0.1, 0.15) is 12.7 Å². The Hall–Kier alpha value is -0.900. The summed E-state index contributed by atoms with van der Waals surface area (Å²) in [6.45, 7) is 3.96. The maximum absolute atomic E-state index is 5.64. The molecule has 4 heteroatoms. The molecule has 1 aromatic rings. The SMILES string of the molecule is C[C@H](N)[C@H](C)n1cncn1.